The number of nitrogen functional groups attached to an aromatic ring is 1. The number of aromatic carboxylic acids is 1. The van der Waals surface area contributed by atoms with Gasteiger partial charge in [-0.15, -0.1) is 0 Å². The van der Waals surface area contributed by atoms with Gasteiger partial charge in [-0.1, -0.05) is 11.6 Å². The fourth-order valence-corrected chi connectivity index (χ4v) is 2.32. The van der Waals surface area contributed by atoms with Crippen molar-refractivity contribution in [1.82, 2.24) is 0 Å². The zero-order valence-corrected chi connectivity index (χ0v) is 12.2. The van der Waals surface area contributed by atoms with E-state index < -0.39 is 23.0 Å². The number of ether oxygens (including phenoxy) is 1. The van der Waals surface area contributed by atoms with Crippen LogP contribution in [0.1, 0.15) is 10.4 Å². The number of hydrogen-bond donors (Lipinski definition) is 2. The maximum absolute atomic E-state index is 13.3. The van der Waals surface area contributed by atoms with Crippen LogP contribution in [0.4, 0.5) is 10.1 Å². The third-order valence-electron chi connectivity index (χ3n) is 2.48. The van der Waals surface area contributed by atoms with Crippen molar-refractivity contribution in [3.63, 3.8) is 0 Å². The Balaban J connectivity index is 2.48. The summed E-state index contributed by atoms with van der Waals surface area (Å²) in [6.07, 6.45) is 0. The number of benzene rings is 2. The highest BCUT2D eigenvalue weighted by atomic mass is 79.9. The fraction of sp³-hybridized carbons (Fsp3) is 0. The highest BCUT2D eigenvalue weighted by Gasteiger charge is 2.19. The third-order valence-corrected chi connectivity index (χ3v) is 3.34. The van der Waals surface area contributed by atoms with Crippen molar-refractivity contribution < 1.29 is 19.0 Å². The molecule has 0 bridgehead atoms. The second kappa shape index (κ2) is 5.68. The monoisotopic (exact) mass is 359 g/mol. The van der Waals surface area contributed by atoms with Crippen molar-refractivity contribution in [3.05, 3.63) is 51.2 Å². The smallest absolute Gasteiger partial charge is 0.341 e. The van der Waals surface area contributed by atoms with E-state index >= 15 is 0 Å². The van der Waals surface area contributed by atoms with Crippen LogP contribution in [0.5, 0.6) is 11.5 Å². The summed E-state index contributed by atoms with van der Waals surface area (Å²) in [5.41, 5.74) is 4.54. The van der Waals surface area contributed by atoms with Crippen LogP contribution in [-0.2, 0) is 0 Å². The van der Waals surface area contributed by atoms with Crippen LogP contribution >= 0.6 is 27.5 Å². The largest absolute Gasteiger partial charge is 0.477 e. The second-order valence-electron chi connectivity index (χ2n) is 3.82. The van der Waals surface area contributed by atoms with Crippen LogP contribution in [0, 0.1) is 5.82 Å². The Morgan fingerprint density at radius 2 is 1.95 bits per heavy atom. The summed E-state index contributed by atoms with van der Waals surface area (Å²) in [4.78, 5) is 11.2. The molecule has 0 atom stereocenters. The topological polar surface area (TPSA) is 72.5 Å². The number of anilines is 1. The SMILES string of the molecule is Nc1c(F)ccc(Oc2ccc(Cl)cc2Br)c1C(=O)O. The summed E-state index contributed by atoms with van der Waals surface area (Å²) in [6.45, 7) is 0. The molecule has 3 N–H and O–H groups in total. The maximum atomic E-state index is 13.3. The lowest BCUT2D eigenvalue weighted by Crippen LogP contribution is -2.07. The summed E-state index contributed by atoms with van der Waals surface area (Å²) in [7, 11) is 0. The quantitative estimate of drug-likeness (QED) is 0.800. The number of carboxylic acids is 1. The van der Waals surface area contributed by atoms with E-state index in [2.05, 4.69) is 15.9 Å². The van der Waals surface area contributed by atoms with Gasteiger partial charge in [0.25, 0.3) is 0 Å². The van der Waals surface area contributed by atoms with Gasteiger partial charge in [-0.05, 0) is 46.3 Å². The minimum absolute atomic E-state index is 0.0561. The standard InChI is InChI=1S/C13H8BrClFNO3/c14-7-5-6(15)1-3-9(7)20-10-4-2-8(16)12(17)11(10)13(18)19/h1-5H,17H2,(H,18,19). The Morgan fingerprint density at radius 3 is 2.55 bits per heavy atom. The lowest BCUT2D eigenvalue weighted by Gasteiger charge is -2.12. The molecule has 0 heterocycles. The summed E-state index contributed by atoms with van der Waals surface area (Å²) in [5, 5.41) is 9.59. The van der Waals surface area contributed by atoms with Gasteiger partial charge in [0.2, 0.25) is 0 Å². The van der Waals surface area contributed by atoms with Gasteiger partial charge in [-0.3, -0.25) is 0 Å². The highest BCUT2D eigenvalue weighted by Crippen LogP contribution is 2.35. The summed E-state index contributed by atoms with van der Waals surface area (Å²) >= 11 is 9.04. The van der Waals surface area contributed by atoms with Crippen LogP contribution in [0.15, 0.2) is 34.8 Å². The van der Waals surface area contributed by atoms with Crippen LogP contribution in [0.25, 0.3) is 0 Å². The van der Waals surface area contributed by atoms with Gasteiger partial charge in [-0.2, -0.15) is 0 Å². The zero-order chi connectivity index (χ0) is 14.9. The van der Waals surface area contributed by atoms with E-state index in [4.69, 9.17) is 27.2 Å². The first-order chi connectivity index (χ1) is 9.40. The normalized spacial score (nSPS) is 10.3. The first-order valence-electron chi connectivity index (χ1n) is 5.34. The van der Waals surface area contributed by atoms with Crippen LogP contribution in [0.3, 0.4) is 0 Å². The minimum Gasteiger partial charge on any atom is -0.477 e. The minimum atomic E-state index is -1.37. The van der Waals surface area contributed by atoms with Gasteiger partial charge in [0.05, 0.1) is 10.2 Å². The Bertz CT molecular complexity index is 694. The van der Waals surface area contributed by atoms with E-state index in [0.717, 1.165) is 6.07 Å². The number of nitrogens with two attached hydrogens (primary N) is 1. The molecule has 0 amide bonds. The Labute approximate surface area is 127 Å². The van der Waals surface area contributed by atoms with Gasteiger partial charge in [0.1, 0.15) is 22.9 Å². The lowest BCUT2D eigenvalue weighted by atomic mass is 10.1. The van der Waals surface area contributed by atoms with E-state index in [9.17, 15) is 9.18 Å². The Hall–Kier alpha value is -1.79. The molecular formula is C13H8BrClFNO3. The van der Waals surface area contributed by atoms with E-state index in [1.807, 2.05) is 0 Å². The molecule has 0 saturated heterocycles. The number of halogens is 3. The molecule has 104 valence electrons. The van der Waals surface area contributed by atoms with Crippen molar-refractivity contribution in [3.8, 4) is 11.5 Å². The molecule has 7 heteroatoms. The van der Waals surface area contributed by atoms with Gasteiger partial charge in [0, 0.05) is 5.02 Å². The van der Waals surface area contributed by atoms with E-state index in [1.165, 1.54) is 6.07 Å². The molecular weight excluding hydrogens is 353 g/mol. The lowest BCUT2D eigenvalue weighted by molar-refractivity contribution is 0.0695. The summed E-state index contributed by atoms with van der Waals surface area (Å²) < 4.78 is 19.3. The highest BCUT2D eigenvalue weighted by molar-refractivity contribution is 9.10. The van der Waals surface area contributed by atoms with Crippen LogP contribution < -0.4 is 10.5 Å². The molecule has 0 aliphatic rings. The number of rotatable bonds is 3. The second-order valence-corrected chi connectivity index (χ2v) is 5.11. The Morgan fingerprint density at radius 1 is 1.30 bits per heavy atom. The van der Waals surface area contributed by atoms with Crippen molar-refractivity contribution in [2.75, 3.05) is 5.73 Å². The first kappa shape index (κ1) is 14.6. The molecule has 0 spiro atoms. The molecule has 0 aliphatic carbocycles. The van der Waals surface area contributed by atoms with Gasteiger partial charge >= 0.3 is 5.97 Å². The molecule has 2 aromatic carbocycles. The fourth-order valence-electron chi connectivity index (χ4n) is 1.56. The number of carbonyl (C=O) groups is 1. The molecule has 20 heavy (non-hydrogen) atoms. The number of hydrogen-bond acceptors (Lipinski definition) is 3. The van der Waals surface area contributed by atoms with Crippen molar-refractivity contribution in [2.24, 2.45) is 0 Å². The summed E-state index contributed by atoms with van der Waals surface area (Å²) in [6, 6.07) is 6.97. The van der Waals surface area contributed by atoms with E-state index in [-0.39, 0.29) is 5.75 Å². The van der Waals surface area contributed by atoms with E-state index in [0.29, 0.717) is 15.2 Å². The predicted octanol–water partition coefficient (Wildman–Crippen LogP) is 4.31. The maximum Gasteiger partial charge on any atom is 0.341 e. The van der Waals surface area contributed by atoms with Crippen molar-refractivity contribution in [2.45, 2.75) is 0 Å². The molecule has 0 unspecified atom stereocenters. The van der Waals surface area contributed by atoms with Gasteiger partial charge in [-0.25, -0.2) is 9.18 Å². The van der Waals surface area contributed by atoms with Crippen molar-refractivity contribution >= 4 is 39.2 Å². The van der Waals surface area contributed by atoms with Crippen LogP contribution in [-0.4, -0.2) is 11.1 Å². The predicted molar refractivity (Wildman–Crippen MR) is 77.0 cm³/mol. The first-order valence-corrected chi connectivity index (χ1v) is 6.51. The molecule has 0 fully saturated rings. The average molecular weight is 361 g/mol. The van der Waals surface area contributed by atoms with Gasteiger partial charge in [0.15, 0.2) is 0 Å². The summed E-state index contributed by atoms with van der Waals surface area (Å²) in [5.74, 6) is -1.91. The molecule has 0 saturated carbocycles. The molecule has 2 rings (SSSR count). The third kappa shape index (κ3) is 2.86. The zero-order valence-electron chi connectivity index (χ0n) is 9.86. The molecule has 2 aromatic rings. The number of carboxylic acid groups (broad SMARTS) is 1. The van der Waals surface area contributed by atoms with E-state index in [1.54, 1.807) is 18.2 Å². The molecule has 0 aromatic heterocycles. The molecule has 0 aliphatic heterocycles. The Kier molecular flexibility index (Phi) is 4.15. The van der Waals surface area contributed by atoms with Crippen LogP contribution in [0.2, 0.25) is 5.02 Å². The molecule has 0 radical (unpaired) electrons. The molecule has 4 nitrogen and oxygen atoms in total. The van der Waals surface area contributed by atoms with Crippen molar-refractivity contribution in [1.29, 1.82) is 0 Å². The van der Waals surface area contributed by atoms with Gasteiger partial charge < -0.3 is 15.6 Å². The average Bonchev–Trinajstić information content (AvgIpc) is 2.36.